The minimum Gasteiger partial charge on any atom is -0.493 e. The van der Waals surface area contributed by atoms with Crippen molar-refractivity contribution >= 4 is 61.7 Å². The average Bonchev–Trinajstić information content (AvgIpc) is 3.39. The molecule has 2 aromatic carbocycles. The number of benzene rings is 2. The highest BCUT2D eigenvalue weighted by Gasteiger charge is 2.48. The molecule has 0 saturated carbocycles. The lowest BCUT2D eigenvalue weighted by molar-refractivity contribution is 0.0299. The van der Waals surface area contributed by atoms with E-state index in [0.717, 1.165) is 21.1 Å². The van der Waals surface area contributed by atoms with Crippen molar-refractivity contribution in [1.82, 2.24) is 9.97 Å². The Morgan fingerprint density at radius 1 is 1.12 bits per heavy atom. The van der Waals surface area contributed by atoms with Crippen LogP contribution in [-0.4, -0.2) is 60.1 Å². The molecule has 3 aromatic rings. The zero-order valence-corrected chi connectivity index (χ0v) is 20.5. The number of hydrogen-bond donors (Lipinski definition) is 1. The Bertz CT molecular complexity index is 1150. The second-order valence-electron chi connectivity index (χ2n) is 7.52. The highest BCUT2D eigenvalue weighted by Crippen LogP contribution is 2.39. The van der Waals surface area contributed by atoms with Gasteiger partial charge in [-0.15, -0.1) is 0 Å². The van der Waals surface area contributed by atoms with Crippen LogP contribution in [0.5, 0.6) is 11.5 Å². The molecule has 0 radical (unpaired) electrons. The van der Waals surface area contributed by atoms with Gasteiger partial charge in [-0.1, -0.05) is 11.6 Å². The number of ether oxygens (including phenoxy) is 4. The molecule has 4 atom stereocenters. The second kappa shape index (κ2) is 9.23. The van der Waals surface area contributed by atoms with Gasteiger partial charge in [-0.3, -0.25) is 0 Å². The second-order valence-corrected chi connectivity index (χ2v) is 9.86. The predicted molar refractivity (Wildman–Crippen MR) is 130 cm³/mol. The van der Waals surface area contributed by atoms with Crippen LogP contribution in [0.25, 0.3) is 10.9 Å². The van der Waals surface area contributed by atoms with E-state index >= 15 is 0 Å². The molecule has 1 N–H and O–H groups in total. The summed E-state index contributed by atoms with van der Waals surface area (Å²) in [7, 11) is 1.61. The summed E-state index contributed by atoms with van der Waals surface area (Å²) in [5.74, 6) is 1.83. The zero-order valence-electron chi connectivity index (χ0n) is 17.4. The molecule has 168 valence electrons. The van der Waals surface area contributed by atoms with E-state index in [2.05, 4.69) is 37.5 Å². The van der Waals surface area contributed by atoms with Gasteiger partial charge < -0.3 is 24.3 Å². The number of halogens is 2. The van der Waals surface area contributed by atoms with Crippen molar-refractivity contribution in [3.63, 3.8) is 0 Å². The first-order chi connectivity index (χ1) is 15.6. The molecule has 7 nitrogen and oxygen atoms in total. The quantitative estimate of drug-likeness (QED) is 0.466. The molecule has 0 bridgehead atoms. The van der Waals surface area contributed by atoms with Gasteiger partial charge >= 0.3 is 0 Å². The van der Waals surface area contributed by atoms with Crippen molar-refractivity contribution in [3.8, 4) is 11.5 Å². The lowest BCUT2D eigenvalue weighted by Gasteiger charge is -2.20. The topological polar surface area (TPSA) is 74.7 Å². The first-order valence-corrected chi connectivity index (χ1v) is 12.5. The number of methoxy groups -OCH3 is 1. The lowest BCUT2D eigenvalue weighted by Crippen LogP contribution is -2.34. The van der Waals surface area contributed by atoms with Crippen molar-refractivity contribution in [1.29, 1.82) is 0 Å². The normalized spacial score (nSPS) is 24.5. The summed E-state index contributed by atoms with van der Waals surface area (Å²) in [6.45, 7) is 1.15. The molecule has 2 aliphatic heterocycles. The first-order valence-electron chi connectivity index (χ1n) is 10.0. The maximum atomic E-state index is 6.31. The zero-order chi connectivity index (χ0) is 22.2. The van der Waals surface area contributed by atoms with Gasteiger partial charge in [0.05, 0.1) is 36.1 Å². The van der Waals surface area contributed by atoms with Gasteiger partial charge in [0.15, 0.2) is 17.6 Å². The average molecular weight is 539 g/mol. The van der Waals surface area contributed by atoms with E-state index in [9.17, 15) is 0 Å². The third kappa shape index (κ3) is 4.12. The van der Waals surface area contributed by atoms with Crippen molar-refractivity contribution in [3.05, 3.63) is 46.2 Å². The van der Waals surface area contributed by atoms with Crippen LogP contribution in [0.2, 0.25) is 5.02 Å². The van der Waals surface area contributed by atoms with Crippen molar-refractivity contribution < 1.29 is 18.9 Å². The summed E-state index contributed by atoms with van der Waals surface area (Å²) in [4.78, 5) is 8.84. The van der Waals surface area contributed by atoms with Crippen LogP contribution in [0.4, 0.5) is 11.5 Å². The third-order valence-electron chi connectivity index (χ3n) is 5.65. The largest absolute Gasteiger partial charge is 0.493 e. The number of fused-ring (bicyclic) bond motifs is 2. The smallest absolute Gasteiger partial charge is 0.164 e. The van der Waals surface area contributed by atoms with Gasteiger partial charge in [-0.25, -0.2) is 9.97 Å². The van der Waals surface area contributed by atoms with E-state index in [1.165, 1.54) is 6.33 Å². The Kier molecular flexibility index (Phi) is 6.35. The minimum atomic E-state index is -0.201. The van der Waals surface area contributed by atoms with Crippen LogP contribution < -0.4 is 14.8 Å². The van der Waals surface area contributed by atoms with Gasteiger partial charge in [0.25, 0.3) is 0 Å². The Hall–Kier alpha value is -1.78. The van der Waals surface area contributed by atoms with E-state index in [1.54, 1.807) is 18.9 Å². The van der Waals surface area contributed by atoms with E-state index in [-0.39, 0.29) is 18.3 Å². The van der Waals surface area contributed by atoms with E-state index in [4.69, 9.17) is 30.5 Å². The number of rotatable bonds is 6. The number of aromatic nitrogens is 2. The summed E-state index contributed by atoms with van der Waals surface area (Å²) in [5.41, 5.74) is 1.54. The molecular weight excluding hydrogens is 518 g/mol. The Labute approximate surface area is 203 Å². The van der Waals surface area contributed by atoms with Crippen LogP contribution in [0.1, 0.15) is 0 Å². The third-order valence-corrected chi connectivity index (χ3v) is 7.89. The molecule has 1 unspecified atom stereocenters. The minimum absolute atomic E-state index is 0.0531. The molecule has 2 saturated heterocycles. The molecule has 5 rings (SSSR count). The van der Waals surface area contributed by atoms with Gasteiger partial charge in [0, 0.05) is 21.6 Å². The highest BCUT2D eigenvalue weighted by molar-refractivity contribution is 9.10. The molecule has 2 fully saturated rings. The van der Waals surface area contributed by atoms with Crippen LogP contribution in [0, 0.1) is 0 Å². The first kappa shape index (κ1) is 22.0. The van der Waals surface area contributed by atoms with Crippen LogP contribution in [0.15, 0.2) is 41.1 Å². The van der Waals surface area contributed by atoms with Crippen LogP contribution >= 0.6 is 39.3 Å². The van der Waals surface area contributed by atoms with E-state index < -0.39 is 0 Å². The summed E-state index contributed by atoms with van der Waals surface area (Å²) in [6.07, 6.45) is 3.36. The molecule has 1 aromatic heterocycles. The van der Waals surface area contributed by atoms with Crippen molar-refractivity contribution in [2.45, 2.75) is 23.6 Å². The molecule has 0 aliphatic carbocycles. The van der Waals surface area contributed by atoms with Crippen LogP contribution in [-0.2, 0) is 9.47 Å². The summed E-state index contributed by atoms with van der Waals surface area (Å²) >= 11 is 11.4. The van der Waals surface area contributed by atoms with Crippen molar-refractivity contribution in [2.75, 3.05) is 31.9 Å². The van der Waals surface area contributed by atoms with Gasteiger partial charge in [-0.05, 0) is 46.5 Å². The molecule has 3 heterocycles. The molecular formula is C22H21BrClN3O4S. The molecule has 10 heteroatoms. The Morgan fingerprint density at radius 2 is 1.97 bits per heavy atom. The summed E-state index contributed by atoms with van der Waals surface area (Å²) in [5, 5.41) is 5.05. The number of nitrogens with one attached hydrogen (secondary N) is 1. The van der Waals surface area contributed by atoms with Crippen molar-refractivity contribution in [2.24, 2.45) is 0 Å². The van der Waals surface area contributed by atoms with Gasteiger partial charge in [0.1, 0.15) is 24.4 Å². The molecule has 0 amide bonds. The number of hydrogen-bond acceptors (Lipinski definition) is 8. The highest BCUT2D eigenvalue weighted by atomic mass is 79.9. The van der Waals surface area contributed by atoms with Gasteiger partial charge in [0.2, 0.25) is 0 Å². The number of thioether (sulfide) groups is 1. The standard InChI is InChI=1S/C22H21BrClN3O4S/c1-28-16-6-12-15(25-10-26-22(12)27-11-3-4-13(23)14(24)5-11)7-17(16)31-18-8-29-21-19(32-2)9-30-20(18)21/h3-7,10,18-21H,8-9H2,1-2H3,(H,25,26,27)/t18?,19-,20+,21+/m1/s1. The van der Waals surface area contributed by atoms with E-state index in [1.807, 2.05) is 30.3 Å². The maximum absolute atomic E-state index is 6.31. The van der Waals surface area contributed by atoms with E-state index in [0.29, 0.717) is 40.8 Å². The molecule has 32 heavy (non-hydrogen) atoms. The maximum Gasteiger partial charge on any atom is 0.164 e. The lowest BCUT2D eigenvalue weighted by atomic mass is 10.1. The summed E-state index contributed by atoms with van der Waals surface area (Å²) in [6, 6.07) is 9.36. The Morgan fingerprint density at radius 3 is 2.75 bits per heavy atom. The fraction of sp³-hybridized carbons (Fsp3) is 0.364. The fourth-order valence-corrected chi connectivity index (χ4v) is 5.16. The Balaban J connectivity index is 1.43. The molecule has 2 aliphatic rings. The molecule has 0 spiro atoms. The monoisotopic (exact) mass is 537 g/mol. The summed E-state index contributed by atoms with van der Waals surface area (Å²) < 4.78 is 24.7. The van der Waals surface area contributed by atoms with Crippen LogP contribution in [0.3, 0.4) is 0 Å². The number of nitrogens with zero attached hydrogens (tertiary/aromatic N) is 2. The SMILES string of the molecule is COc1cc2c(Nc3ccc(Br)c(Cl)c3)ncnc2cc1OC1CO[C@H]2[C@H](SC)CO[C@@H]12. The fourth-order valence-electron chi connectivity index (χ4n) is 4.02. The van der Waals surface area contributed by atoms with Gasteiger partial charge in [-0.2, -0.15) is 11.8 Å². The number of anilines is 2. The predicted octanol–water partition coefficient (Wildman–Crippen LogP) is 5.07.